The van der Waals surface area contributed by atoms with Crippen molar-refractivity contribution in [2.24, 2.45) is 5.92 Å². The first kappa shape index (κ1) is 19.0. The van der Waals surface area contributed by atoms with Gasteiger partial charge in [-0.15, -0.1) is 0 Å². The molecule has 1 aliphatic rings. The van der Waals surface area contributed by atoms with E-state index in [1.165, 1.54) is 6.92 Å². The molecule has 1 aromatic rings. The summed E-state index contributed by atoms with van der Waals surface area (Å²) in [6.07, 6.45) is 0.570. The van der Waals surface area contributed by atoms with E-state index >= 15 is 0 Å². The van der Waals surface area contributed by atoms with Crippen molar-refractivity contribution in [2.75, 3.05) is 5.32 Å². The summed E-state index contributed by atoms with van der Waals surface area (Å²) in [5.74, 6) is -2.34. The number of hydrogen-bond acceptors (Lipinski definition) is 4. The van der Waals surface area contributed by atoms with Gasteiger partial charge in [0.2, 0.25) is 5.91 Å². The minimum atomic E-state index is -1.08. The van der Waals surface area contributed by atoms with Crippen LogP contribution in [0.1, 0.15) is 61.3 Å². The lowest BCUT2D eigenvalue weighted by molar-refractivity contribution is -0.142. The van der Waals surface area contributed by atoms with Crippen LogP contribution in [0.3, 0.4) is 0 Å². The number of carbonyl (C=O) groups excluding carboxylic acids is 4. The number of aryl methyl sites for hydroxylation is 2. The predicted octanol–water partition coefficient (Wildman–Crippen LogP) is 3.18. The Kier molecular flexibility index (Phi) is 5.55. The molecule has 0 radical (unpaired) electrons. The van der Waals surface area contributed by atoms with Gasteiger partial charge >= 0.3 is 0 Å². The SMILES string of the molecule is CCC(=O)C1C(=O)CC(c2c(C)cc(C)c(NC(C)=O)c2C)CC1=O. The third-order valence-electron chi connectivity index (χ3n) is 4.95. The molecular formula is C20H25NO4. The molecule has 0 atom stereocenters. The highest BCUT2D eigenvalue weighted by Gasteiger charge is 2.40. The maximum atomic E-state index is 12.4. The van der Waals surface area contributed by atoms with Gasteiger partial charge in [-0.3, -0.25) is 19.2 Å². The fourth-order valence-electron chi connectivity index (χ4n) is 3.94. The highest BCUT2D eigenvalue weighted by molar-refractivity contribution is 6.21. The van der Waals surface area contributed by atoms with E-state index < -0.39 is 5.92 Å². The summed E-state index contributed by atoms with van der Waals surface area (Å²) in [6.45, 7) is 8.89. The van der Waals surface area contributed by atoms with Gasteiger partial charge in [-0.25, -0.2) is 0 Å². The van der Waals surface area contributed by atoms with E-state index in [0.717, 1.165) is 27.9 Å². The summed E-state index contributed by atoms with van der Waals surface area (Å²) in [5, 5.41) is 2.84. The molecule has 1 fully saturated rings. The number of carbonyl (C=O) groups is 4. The van der Waals surface area contributed by atoms with Gasteiger partial charge in [-0.05, 0) is 48.9 Å². The Labute approximate surface area is 148 Å². The van der Waals surface area contributed by atoms with Crippen LogP contribution in [-0.2, 0) is 19.2 Å². The van der Waals surface area contributed by atoms with Crippen molar-refractivity contribution in [1.82, 2.24) is 0 Å². The predicted molar refractivity (Wildman–Crippen MR) is 95.7 cm³/mol. The van der Waals surface area contributed by atoms with E-state index in [1.807, 2.05) is 26.8 Å². The number of anilines is 1. The van der Waals surface area contributed by atoms with Crippen LogP contribution in [0.25, 0.3) is 0 Å². The summed E-state index contributed by atoms with van der Waals surface area (Å²) in [6, 6.07) is 1.96. The van der Waals surface area contributed by atoms with Crippen molar-refractivity contribution in [1.29, 1.82) is 0 Å². The fourth-order valence-corrected chi connectivity index (χ4v) is 3.94. The summed E-state index contributed by atoms with van der Waals surface area (Å²) in [5.41, 5.74) is 4.49. The van der Waals surface area contributed by atoms with Gasteiger partial charge in [0.05, 0.1) is 0 Å². The minimum absolute atomic E-state index is 0.162. The lowest BCUT2D eigenvalue weighted by Gasteiger charge is -2.29. The first-order chi connectivity index (χ1) is 11.7. The topological polar surface area (TPSA) is 80.3 Å². The Morgan fingerprint density at radius 1 is 1.08 bits per heavy atom. The van der Waals surface area contributed by atoms with E-state index in [1.54, 1.807) is 6.92 Å². The lowest BCUT2D eigenvalue weighted by Crippen LogP contribution is -2.38. The van der Waals surface area contributed by atoms with Gasteiger partial charge in [0, 0.05) is 31.9 Å². The van der Waals surface area contributed by atoms with Gasteiger partial charge < -0.3 is 5.32 Å². The largest absolute Gasteiger partial charge is 0.326 e. The molecule has 0 bridgehead atoms. The second-order valence-electron chi connectivity index (χ2n) is 6.90. The van der Waals surface area contributed by atoms with E-state index in [9.17, 15) is 19.2 Å². The second-order valence-corrected chi connectivity index (χ2v) is 6.90. The molecule has 1 saturated carbocycles. The molecule has 0 saturated heterocycles. The van der Waals surface area contributed by atoms with Gasteiger partial charge in [0.25, 0.3) is 0 Å². The number of Topliss-reactive ketones (excluding diaryl/α,β-unsaturated/α-hetero) is 3. The first-order valence-electron chi connectivity index (χ1n) is 8.63. The molecule has 25 heavy (non-hydrogen) atoms. The Morgan fingerprint density at radius 3 is 2.12 bits per heavy atom. The Balaban J connectivity index is 2.43. The molecule has 0 spiro atoms. The third-order valence-corrected chi connectivity index (χ3v) is 4.95. The molecule has 2 rings (SSSR count). The smallest absolute Gasteiger partial charge is 0.221 e. The van der Waals surface area contributed by atoms with E-state index in [0.29, 0.717) is 0 Å². The summed E-state index contributed by atoms with van der Waals surface area (Å²) < 4.78 is 0. The molecular weight excluding hydrogens is 318 g/mol. The van der Waals surface area contributed by atoms with E-state index in [-0.39, 0.29) is 48.4 Å². The molecule has 0 aliphatic heterocycles. The van der Waals surface area contributed by atoms with Crippen molar-refractivity contribution in [3.05, 3.63) is 28.3 Å². The molecule has 0 heterocycles. The number of amides is 1. The van der Waals surface area contributed by atoms with Gasteiger partial charge in [-0.2, -0.15) is 0 Å². The Morgan fingerprint density at radius 2 is 1.64 bits per heavy atom. The molecule has 1 amide bonds. The highest BCUT2D eigenvalue weighted by Crippen LogP contribution is 2.39. The minimum Gasteiger partial charge on any atom is -0.326 e. The van der Waals surface area contributed by atoms with E-state index in [4.69, 9.17) is 0 Å². The van der Waals surface area contributed by atoms with Crippen molar-refractivity contribution in [2.45, 2.75) is 59.8 Å². The highest BCUT2D eigenvalue weighted by atomic mass is 16.2. The zero-order chi connectivity index (χ0) is 18.9. The lowest BCUT2D eigenvalue weighted by atomic mass is 9.73. The Bertz CT molecular complexity index is 745. The molecule has 0 unspecified atom stereocenters. The standard InChI is InChI=1S/C20H25NO4/c1-6-15(23)19-16(24)8-14(9-17(19)25)18-10(2)7-11(3)20(12(18)4)21-13(5)22/h7,14,19H,6,8-9H2,1-5H3,(H,21,22). The van der Waals surface area contributed by atoms with Crippen LogP contribution in [-0.4, -0.2) is 23.3 Å². The number of rotatable bonds is 4. The zero-order valence-electron chi connectivity index (χ0n) is 15.5. The maximum absolute atomic E-state index is 12.4. The van der Waals surface area contributed by atoms with Crippen molar-refractivity contribution < 1.29 is 19.2 Å². The van der Waals surface area contributed by atoms with Crippen LogP contribution in [0, 0.1) is 26.7 Å². The number of benzene rings is 1. The quantitative estimate of drug-likeness (QED) is 0.852. The molecule has 0 aromatic heterocycles. The number of nitrogens with one attached hydrogen (secondary N) is 1. The Hall–Kier alpha value is -2.30. The molecule has 134 valence electrons. The number of hydrogen-bond donors (Lipinski definition) is 1. The maximum Gasteiger partial charge on any atom is 0.221 e. The average molecular weight is 343 g/mol. The van der Waals surface area contributed by atoms with Gasteiger partial charge in [0.1, 0.15) is 5.92 Å². The molecule has 5 nitrogen and oxygen atoms in total. The average Bonchev–Trinajstić information content (AvgIpc) is 2.50. The first-order valence-corrected chi connectivity index (χ1v) is 8.63. The van der Waals surface area contributed by atoms with Crippen LogP contribution < -0.4 is 5.32 Å². The van der Waals surface area contributed by atoms with Gasteiger partial charge in [-0.1, -0.05) is 13.0 Å². The second kappa shape index (κ2) is 7.30. The summed E-state index contributed by atoms with van der Waals surface area (Å²) in [4.78, 5) is 48.2. The van der Waals surface area contributed by atoms with Crippen LogP contribution in [0.2, 0.25) is 0 Å². The molecule has 1 N–H and O–H groups in total. The number of ketones is 3. The van der Waals surface area contributed by atoms with Crippen molar-refractivity contribution >= 4 is 28.9 Å². The van der Waals surface area contributed by atoms with Crippen LogP contribution in [0.5, 0.6) is 0 Å². The summed E-state index contributed by atoms with van der Waals surface area (Å²) in [7, 11) is 0. The van der Waals surface area contributed by atoms with Gasteiger partial charge in [0.15, 0.2) is 17.3 Å². The summed E-state index contributed by atoms with van der Waals surface area (Å²) >= 11 is 0. The van der Waals surface area contributed by atoms with Crippen molar-refractivity contribution in [3.8, 4) is 0 Å². The molecule has 1 aliphatic carbocycles. The normalized spacial score (nSPS) is 20.5. The van der Waals surface area contributed by atoms with E-state index in [2.05, 4.69) is 5.32 Å². The molecule has 1 aromatic carbocycles. The zero-order valence-corrected chi connectivity index (χ0v) is 15.5. The third kappa shape index (κ3) is 3.70. The molecule has 5 heteroatoms. The fraction of sp³-hybridized carbons (Fsp3) is 0.500. The van der Waals surface area contributed by atoms with Crippen LogP contribution in [0.4, 0.5) is 5.69 Å². The van der Waals surface area contributed by atoms with Crippen LogP contribution >= 0.6 is 0 Å². The van der Waals surface area contributed by atoms with Crippen LogP contribution in [0.15, 0.2) is 6.07 Å². The monoisotopic (exact) mass is 343 g/mol. The van der Waals surface area contributed by atoms with Crippen molar-refractivity contribution in [3.63, 3.8) is 0 Å².